The number of rotatable bonds is 3. The van der Waals surface area contributed by atoms with Crippen LogP contribution in [0.4, 0.5) is 0 Å². The smallest absolute Gasteiger partial charge is 0.0239 e. The first kappa shape index (κ1) is 7.40. The van der Waals surface area contributed by atoms with Gasteiger partial charge in [0.2, 0.25) is 0 Å². The molecule has 0 aromatic rings. The quantitative estimate of drug-likeness (QED) is 0.182. The topological polar surface area (TPSA) is 67.3 Å². The SMILES string of the molecule is C#CCCNN(N)N. The van der Waals surface area contributed by atoms with Crippen LogP contribution in [0.1, 0.15) is 6.42 Å². The lowest BCUT2D eigenvalue weighted by atomic mass is 10.5. The summed E-state index contributed by atoms with van der Waals surface area (Å²) in [5.74, 6) is 12.4. The molecule has 0 fully saturated rings. The summed E-state index contributed by atoms with van der Waals surface area (Å²) in [6.07, 6.45) is 5.55. The molecule has 0 aliphatic heterocycles. The summed E-state index contributed by atoms with van der Waals surface area (Å²) in [4.78, 5) is 0. The first-order valence-corrected chi connectivity index (χ1v) is 2.24. The Hall–Kier alpha value is -0.600. The zero-order chi connectivity index (χ0) is 6.41. The molecule has 0 atom stereocenters. The van der Waals surface area contributed by atoms with Crippen LogP contribution in [0.3, 0.4) is 0 Å². The van der Waals surface area contributed by atoms with Crippen LogP contribution in [0, 0.1) is 12.3 Å². The van der Waals surface area contributed by atoms with Crippen molar-refractivity contribution in [1.29, 1.82) is 0 Å². The second kappa shape index (κ2) is 4.56. The van der Waals surface area contributed by atoms with Crippen LogP contribution >= 0.6 is 0 Å². The molecule has 0 aliphatic carbocycles. The van der Waals surface area contributed by atoms with Gasteiger partial charge in [0.15, 0.2) is 0 Å². The predicted molar refractivity (Wildman–Crippen MR) is 31.7 cm³/mol. The molecule has 0 aliphatic rings. The Morgan fingerprint density at radius 2 is 2.25 bits per heavy atom. The van der Waals surface area contributed by atoms with Gasteiger partial charge >= 0.3 is 0 Å². The zero-order valence-electron chi connectivity index (χ0n) is 4.59. The summed E-state index contributed by atoms with van der Waals surface area (Å²) in [6, 6.07) is 0. The van der Waals surface area contributed by atoms with E-state index < -0.39 is 0 Å². The van der Waals surface area contributed by atoms with Gasteiger partial charge < -0.3 is 0 Å². The molecule has 0 spiro atoms. The van der Waals surface area contributed by atoms with Gasteiger partial charge in [-0.1, -0.05) is 0 Å². The Morgan fingerprint density at radius 1 is 1.62 bits per heavy atom. The summed E-state index contributed by atoms with van der Waals surface area (Å²) in [5.41, 5.74) is 2.59. The standard InChI is InChI=1S/C4H10N4/c1-2-3-4-7-8(5)6/h1,7H,3-6H2. The lowest BCUT2D eigenvalue weighted by Gasteiger charge is -2.07. The summed E-state index contributed by atoms with van der Waals surface area (Å²) in [6.45, 7) is 0.615. The highest BCUT2D eigenvalue weighted by Gasteiger charge is 1.83. The lowest BCUT2D eigenvalue weighted by Crippen LogP contribution is -2.49. The fraction of sp³-hybridized carbons (Fsp3) is 0.500. The number of nitrogens with one attached hydrogen (secondary N) is 1. The van der Waals surface area contributed by atoms with E-state index in [4.69, 9.17) is 18.1 Å². The van der Waals surface area contributed by atoms with Crippen LogP contribution in [-0.4, -0.2) is 11.8 Å². The summed E-state index contributed by atoms with van der Waals surface area (Å²) >= 11 is 0. The second-order valence-corrected chi connectivity index (χ2v) is 1.27. The number of nitrogens with zero attached hydrogens (tertiary/aromatic N) is 1. The van der Waals surface area contributed by atoms with Gasteiger partial charge in [0.25, 0.3) is 0 Å². The molecule has 0 aromatic carbocycles. The number of hydrogen-bond donors (Lipinski definition) is 3. The molecule has 0 unspecified atom stereocenters. The van der Waals surface area contributed by atoms with Crippen molar-refractivity contribution in [2.45, 2.75) is 6.42 Å². The van der Waals surface area contributed by atoms with Gasteiger partial charge in [-0.15, -0.1) is 17.6 Å². The molecule has 0 amide bonds. The van der Waals surface area contributed by atoms with E-state index >= 15 is 0 Å². The van der Waals surface area contributed by atoms with Crippen molar-refractivity contribution in [3.63, 3.8) is 0 Å². The van der Waals surface area contributed by atoms with E-state index in [9.17, 15) is 0 Å². The molecule has 0 saturated carbocycles. The van der Waals surface area contributed by atoms with E-state index in [1.54, 1.807) is 0 Å². The van der Waals surface area contributed by atoms with E-state index in [0.717, 1.165) is 5.23 Å². The Labute approximate surface area is 48.7 Å². The molecule has 0 radical (unpaired) electrons. The Kier molecular flexibility index (Phi) is 4.21. The molecule has 0 bridgehead atoms. The molecule has 0 aromatic heterocycles. The van der Waals surface area contributed by atoms with Crippen LogP contribution in [0.25, 0.3) is 0 Å². The fourth-order valence-corrected chi connectivity index (χ4v) is 0.257. The molecule has 0 heterocycles. The number of nitrogens with two attached hydrogens (primary N) is 2. The van der Waals surface area contributed by atoms with Gasteiger partial charge in [-0.05, 0) is 0 Å². The van der Waals surface area contributed by atoms with E-state index in [-0.39, 0.29) is 0 Å². The van der Waals surface area contributed by atoms with Crippen molar-refractivity contribution in [1.82, 2.24) is 10.7 Å². The molecule has 0 rings (SSSR count). The molecule has 8 heavy (non-hydrogen) atoms. The van der Waals surface area contributed by atoms with Gasteiger partial charge in [0, 0.05) is 13.0 Å². The number of terminal acetylenes is 1. The first-order chi connectivity index (χ1) is 3.77. The Balaban J connectivity index is 2.85. The number of hydrogen-bond acceptors (Lipinski definition) is 4. The molecule has 4 nitrogen and oxygen atoms in total. The van der Waals surface area contributed by atoms with Gasteiger partial charge in [0.05, 0.1) is 0 Å². The van der Waals surface area contributed by atoms with E-state index in [2.05, 4.69) is 11.3 Å². The van der Waals surface area contributed by atoms with E-state index in [1.807, 2.05) is 0 Å². The molecule has 5 N–H and O–H groups in total. The third-order valence-electron chi connectivity index (χ3n) is 0.564. The summed E-state index contributed by atoms with van der Waals surface area (Å²) in [5, 5.41) is 0.886. The summed E-state index contributed by atoms with van der Waals surface area (Å²) < 4.78 is 0. The minimum absolute atomic E-state index is 0.615. The van der Waals surface area contributed by atoms with Crippen LogP contribution < -0.4 is 17.1 Å². The summed E-state index contributed by atoms with van der Waals surface area (Å²) in [7, 11) is 0. The van der Waals surface area contributed by atoms with Crippen molar-refractivity contribution in [3.05, 3.63) is 0 Å². The van der Waals surface area contributed by atoms with Gasteiger partial charge in [-0.25, -0.2) is 17.1 Å². The minimum atomic E-state index is 0.615. The maximum absolute atomic E-state index is 4.96. The molecular formula is C4H10N4. The first-order valence-electron chi connectivity index (χ1n) is 2.24. The minimum Gasteiger partial charge on any atom is -0.241 e. The third kappa shape index (κ3) is 5.40. The normalized spacial score (nSPS) is 9.25. The molecule has 4 heteroatoms. The van der Waals surface area contributed by atoms with Crippen molar-refractivity contribution in [2.75, 3.05) is 6.54 Å². The van der Waals surface area contributed by atoms with Crippen LogP contribution in [0.15, 0.2) is 0 Å². The fourth-order valence-electron chi connectivity index (χ4n) is 0.257. The zero-order valence-corrected chi connectivity index (χ0v) is 4.59. The maximum atomic E-state index is 4.96. The van der Waals surface area contributed by atoms with E-state index in [1.165, 1.54) is 0 Å². The van der Waals surface area contributed by atoms with Crippen LogP contribution in [0.2, 0.25) is 0 Å². The van der Waals surface area contributed by atoms with Crippen molar-refractivity contribution >= 4 is 0 Å². The van der Waals surface area contributed by atoms with Gasteiger partial charge in [-0.3, -0.25) is 0 Å². The molecule has 0 saturated heterocycles. The largest absolute Gasteiger partial charge is 0.241 e. The monoisotopic (exact) mass is 114 g/mol. The number of hydrazine groups is 3. The van der Waals surface area contributed by atoms with Crippen molar-refractivity contribution < 1.29 is 0 Å². The Bertz CT molecular complexity index is 82.5. The van der Waals surface area contributed by atoms with Crippen molar-refractivity contribution in [2.24, 2.45) is 11.7 Å². The third-order valence-corrected chi connectivity index (χ3v) is 0.564. The lowest BCUT2D eigenvalue weighted by molar-refractivity contribution is 0.199. The van der Waals surface area contributed by atoms with Crippen LogP contribution in [-0.2, 0) is 0 Å². The molecular weight excluding hydrogens is 104 g/mol. The molecule has 46 valence electrons. The van der Waals surface area contributed by atoms with Gasteiger partial charge in [0.1, 0.15) is 0 Å². The maximum Gasteiger partial charge on any atom is 0.0239 e. The average Bonchev–Trinajstić information content (AvgIpc) is 1.66. The Morgan fingerprint density at radius 3 is 2.62 bits per heavy atom. The highest BCUT2D eigenvalue weighted by atomic mass is 15.8. The highest BCUT2D eigenvalue weighted by molar-refractivity contribution is 4.83. The second-order valence-electron chi connectivity index (χ2n) is 1.27. The highest BCUT2D eigenvalue weighted by Crippen LogP contribution is 1.66. The average molecular weight is 114 g/mol. The van der Waals surface area contributed by atoms with Gasteiger partial charge in [-0.2, -0.15) is 0 Å². The van der Waals surface area contributed by atoms with E-state index in [0.29, 0.717) is 13.0 Å². The predicted octanol–water partition coefficient (Wildman–Crippen LogP) is -1.44. The van der Waals surface area contributed by atoms with Crippen LogP contribution in [0.5, 0.6) is 0 Å². The van der Waals surface area contributed by atoms with Crippen molar-refractivity contribution in [3.8, 4) is 12.3 Å².